The lowest BCUT2D eigenvalue weighted by atomic mass is 10.1. The monoisotopic (exact) mass is 237 g/mol. The maximum Gasteiger partial charge on any atom is 0.321 e. The van der Waals surface area contributed by atoms with Crippen molar-refractivity contribution in [3.05, 3.63) is 35.9 Å². The van der Waals surface area contributed by atoms with Crippen LogP contribution in [0.2, 0.25) is 0 Å². The first-order chi connectivity index (χ1) is 7.59. The van der Waals surface area contributed by atoms with Crippen LogP contribution in [0.15, 0.2) is 30.3 Å². The summed E-state index contributed by atoms with van der Waals surface area (Å²) in [4.78, 5) is 10.7. The van der Waals surface area contributed by atoms with E-state index in [0.717, 1.165) is 6.42 Å². The molecule has 0 saturated carbocycles. The quantitative estimate of drug-likeness (QED) is 0.840. The lowest BCUT2D eigenvalue weighted by Crippen LogP contribution is -2.44. The predicted octanol–water partition coefficient (Wildman–Crippen LogP) is 1.73. The molecule has 0 aliphatic carbocycles. The van der Waals surface area contributed by atoms with Gasteiger partial charge in [-0.25, -0.2) is 0 Å². The molecule has 1 unspecified atom stereocenters. The Morgan fingerprint density at radius 2 is 2.25 bits per heavy atom. The molecule has 2 atom stereocenters. The van der Waals surface area contributed by atoms with Crippen LogP contribution in [0, 0.1) is 0 Å². The fourth-order valence-corrected chi connectivity index (χ4v) is 3.19. The first-order valence-electron chi connectivity index (χ1n) is 5.27. The van der Waals surface area contributed by atoms with Gasteiger partial charge in [0, 0.05) is 5.75 Å². The molecule has 1 aromatic rings. The van der Waals surface area contributed by atoms with Crippen molar-refractivity contribution in [2.75, 3.05) is 5.75 Å². The predicted molar refractivity (Wildman–Crippen MR) is 65.6 cm³/mol. The van der Waals surface area contributed by atoms with Crippen LogP contribution < -0.4 is 5.32 Å². The van der Waals surface area contributed by atoms with Gasteiger partial charge in [-0.3, -0.25) is 10.1 Å². The van der Waals surface area contributed by atoms with Gasteiger partial charge >= 0.3 is 5.97 Å². The third kappa shape index (κ3) is 2.57. The van der Waals surface area contributed by atoms with Crippen molar-refractivity contribution >= 4 is 17.7 Å². The minimum Gasteiger partial charge on any atom is -0.480 e. The first kappa shape index (κ1) is 11.5. The highest BCUT2D eigenvalue weighted by Gasteiger charge is 2.38. The van der Waals surface area contributed by atoms with E-state index in [-0.39, 0.29) is 4.87 Å². The maximum absolute atomic E-state index is 10.9. The zero-order valence-electron chi connectivity index (χ0n) is 9.14. The summed E-state index contributed by atoms with van der Waals surface area (Å²) in [5, 5.41) is 12.1. The molecule has 16 heavy (non-hydrogen) atoms. The summed E-state index contributed by atoms with van der Waals surface area (Å²) < 4.78 is 0. The largest absolute Gasteiger partial charge is 0.480 e. The fraction of sp³-hybridized carbons (Fsp3) is 0.417. The highest BCUT2D eigenvalue weighted by molar-refractivity contribution is 8.00. The van der Waals surface area contributed by atoms with E-state index in [1.807, 2.05) is 18.2 Å². The molecule has 0 radical (unpaired) electrons. The zero-order chi connectivity index (χ0) is 11.6. The van der Waals surface area contributed by atoms with E-state index in [0.29, 0.717) is 5.75 Å². The van der Waals surface area contributed by atoms with Crippen molar-refractivity contribution < 1.29 is 9.90 Å². The summed E-state index contributed by atoms with van der Waals surface area (Å²) in [6, 6.07) is 9.73. The van der Waals surface area contributed by atoms with E-state index in [1.165, 1.54) is 5.56 Å². The molecule has 0 spiro atoms. The molecular formula is C12H15NO2S. The van der Waals surface area contributed by atoms with Gasteiger partial charge in [-0.05, 0) is 18.9 Å². The number of aliphatic carboxylic acids is 1. The van der Waals surface area contributed by atoms with E-state index in [2.05, 4.69) is 24.4 Å². The molecule has 0 amide bonds. The number of carbonyl (C=O) groups is 1. The number of benzene rings is 1. The Morgan fingerprint density at radius 1 is 1.56 bits per heavy atom. The van der Waals surface area contributed by atoms with Crippen molar-refractivity contribution in [1.29, 1.82) is 0 Å². The van der Waals surface area contributed by atoms with Crippen LogP contribution in [0.4, 0.5) is 0 Å². The highest BCUT2D eigenvalue weighted by atomic mass is 32.2. The minimum atomic E-state index is -0.760. The van der Waals surface area contributed by atoms with Crippen LogP contribution in [-0.2, 0) is 11.2 Å². The second kappa shape index (κ2) is 4.47. The average Bonchev–Trinajstić information content (AvgIpc) is 2.62. The summed E-state index contributed by atoms with van der Waals surface area (Å²) >= 11 is 1.68. The van der Waals surface area contributed by atoms with E-state index in [4.69, 9.17) is 5.11 Å². The second-order valence-corrected chi connectivity index (χ2v) is 5.76. The summed E-state index contributed by atoms with van der Waals surface area (Å²) in [6.07, 6.45) is 0.849. The third-order valence-corrected chi connectivity index (χ3v) is 4.13. The van der Waals surface area contributed by atoms with E-state index in [1.54, 1.807) is 11.8 Å². The lowest BCUT2D eigenvalue weighted by Gasteiger charge is -2.24. The summed E-state index contributed by atoms with van der Waals surface area (Å²) in [5.41, 5.74) is 1.23. The Hall–Kier alpha value is -1.00. The van der Waals surface area contributed by atoms with Gasteiger partial charge in [0.05, 0.1) is 4.87 Å². The van der Waals surface area contributed by atoms with Crippen LogP contribution in [0.3, 0.4) is 0 Å². The molecule has 4 heteroatoms. The molecule has 3 nitrogen and oxygen atoms in total. The van der Waals surface area contributed by atoms with Gasteiger partial charge < -0.3 is 5.11 Å². The standard InChI is InChI=1S/C12H15NO2S/c1-12(7-9-5-3-2-4-6-9)13-10(8-16-12)11(14)15/h2-6,10,13H,7-8H2,1H3,(H,14,15)/t10-,12?/m0/s1. The Morgan fingerprint density at radius 3 is 2.81 bits per heavy atom. The molecule has 2 rings (SSSR count). The smallest absolute Gasteiger partial charge is 0.321 e. The third-order valence-electron chi connectivity index (χ3n) is 2.73. The maximum atomic E-state index is 10.9. The second-order valence-electron chi connectivity index (χ2n) is 4.24. The molecule has 86 valence electrons. The molecule has 1 saturated heterocycles. The van der Waals surface area contributed by atoms with Gasteiger partial charge in [0.1, 0.15) is 6.04 Å². The van der Waals surface area contributed by atoms with Crippen LogP contribution in [0.5, 0.6) is 0 Å². The molecule has 1 fully saturated rings. The van der Waals surface area contributed by atoms with Crippen LogP contribution >= 0.6 is 11.8 Å². The number of carboxylic acid groups (broad SMARTS) is 1. The summed E-state index contributed by atoms with van der Waals surface area (Å²) in [5.74, 6) is -0.122. The SMILES string of the molecule is CC1(Cc2ccccc2)N[C@H](C(=O)O)CS1. The van der Waals surface area contributed by atoms with Gasteiger partial charge in [-0.15, -0.1) is 11.8 Å². The Balaban J connectivity index is 2.03. The van der Waals surface area contributed by atoms with Crippen LogP contribution in [-0.4, -0.2) is 27.7 Å². The number of hydrogen-bond donors (Lipinski definition) is 2. The van der Waals surface area contributed by atoms with Crippen molar-refractivity contribution in [3.8, 4) is 0 Å². The number of nitrogens with one attached hydrogen (secondary N) is 1. The molecular weight excluding hydrogens is 222 g/mol. The molecule has 2 N–H and O–H groups in total. The first-order valence-corrected chi connectivity index (χ1v) is 6.26. The van der Waals surface area contributed by atoms with Crippen molar-refractivity contribution in [2.24, 2.45) is 0 Å². The van der Waals surface area contributed by atoms with Crippen LogP contribution in [0.1, 0.15) is 12.5 Å². The number of thioether (sulfide) groups is 1. The molecule has 0 aromatic heterocycles. The molecule has 1 aromatic carbocycles. The van der Waals surface area contributed by atoms with Gasteiger partial charge in [-0.1, -0.05) is 30.3 Å². The minimum absolute atomic E-state index is 0.162. The van der Waals surface area contributed by atoms with Crippen molar-refractivity contribution in [3.63, 3.8) is 0 Å². The number of carboxylic acids is 1. The molecule has 1 heterocycles. The van der Waals surface area contributed by atoms with Gasteiger partial charge in [0.15, 0.2) is 0 Å². The Labute approximate surface area is 99.2 Å². The molecule has 1 aliphatic rings. The molecule has 1 aliphatic heterocycles. The Kier molecular flexibility index (Phi) is 3.21. The number of rotatable bonds is 3. The Bertz CT molecular complexity index is 382. The van der Waals surface area contributed by atoms with E-state index < -0.39 is 12.0 Å². The van der Waals surface area contributed by atoms with Crippen molar-refractivity contribution in [1.82, 2.24) is 5.32 Å². The van der Waals surface area contributed by atoms with Gasteiger partial charge in [0.2, 0.25) is 0 Å². The lowest BCUT2D eigenvalue weighted by molar-refractivity contribution is -0.138. The van der Waals surface area contributed by atoms with Crippen LogP contribution in [0.25, 0.3) is 0 Å². The molecule has 0 bridgehead atoms. The van der Waals surface area contributed by atoms with E-state index >= 15 is 0 Å². The van der Waals surface area contributed by atoms with Gasteiger partial charge in [0.25, 0.3) is 0 Å². The topological polar surface area (TPSA) is 49.3 Å². The van der Waals surface area contributed by atoms with Gasteiger partial charge in [-0.2, -0.15) is 0 Å². The normalized spacial score (nSPS) is 29.2. The zero-order valence-corrected chi connectivity index (χ0v) is 9.96. The van der Waals surface area contributed by atoms with Crippen molar-refractivity contribution in [2.45, 2.75) is 24.3 Å². The van der Waals surface area contributed by atoms with E-state index in [9.17, 15) is 4.79 Å². The summed E-state index contributed by atoms with van der Waals surface area (Å²) in [6.45, 7) is 2.06. The highest BCUT2D eigenvalue weighted by Crippen LogP contribution is 2.33. The fourth-order valence-electron chi connectivity index (χ4n) is 1.94. The average molecular weight is 237 g/mol. The number of hydrogen-bond acceptors (Lipinski definition) is 3. The summed E-state index contributed by atoms with van der Waals surface area (Å²) in [7, 11) is 0.